The molecule has 5 heteroatoms. The van der Waals surface area contributed by atoms with Crippen LogP contribution in [0.15, 0.2) is 29.4 Å². The topological polar surface area (TPSA) is 71.1 Å². The third-order valence-corrected chi connectivity index (χ3v) is 2.31. The van der Waals surface area contributed by atoms with E-state index in [0.29, 0.717) is 12.3 Å². The molecule has 3 N–H and O–H groups in total. The minimum absolute atomic E-state index is 0.247. The van der Waals surface area contributed by atoms with E-state index in [9.17, 15) is 0 Å². The second-order valence-electron chi connectivity index (χ2n) is 3.42. The molecular formula is C11H17N3O2. The largest absolute Gasteiger partial charge is 0.497 e. The monoisotopic (exact) mass is 223 g/mol. The summed E-state index contributed by atoms with van der Waals surface area (Å²) in [6.07, 6.45) is 0. The van der Waals surface area contributed by atoms with Crippen LogP contribution in [0.3, 0.4) is 0 Å². The molecule has 1 aromatic rings. The molecule has 0 spiro atoms. The minimum atomic E-state index is 0.247. The summed E-state index contributed by atoms with van der Waals surface area (Å²) in [5, 5.41) is 11.8. The standard InChI is InChI=1S/C11H17N3O2/c1-14(8-9(7-12)13-15)10-3-5-11(16-2)6-4-10/h3-6,15H,7-8,12H2,1-2H3/b13-9+. The summed E-state index contributed by atoms with van der Waals surface area (Å²) < 4.78 is 5.07. The first-order valence-corrected chi connectivity index (χ1v) is 4.96. The number of oxime groups is 1. The Bertz CT molecular complexity index is 349. The average Bonchev–Trinajstić information content (AvgIpc) is 2.35. The molecule has 0 aromatic heterocycles. The molecule has 0 radical (unpaired) electrons. The van der Waals surface area contributed by atoms with E-state index in [4.69, 9.17) is 15.7 Å². The lowest BCUT2D eigenvalue weighted by Gasteiger charge is -2.19. The molecule has 88 valence electrons. The van der Waals surface area contributed by atoms with Crippen molar-refractivity contribution in [2.75, 3.05) is 32.1 Å². The highest BCUT2D eigenvalue weighted by molar-refractivity contribution is 5.89. The number of nitrogens with two attached hydrogens (primary N) is 1. The Morgan fingerprint density at radius 3 is 2.50 bits per heavy atom. The van der Waals surface area contributed by atoms with Gasteiger partial charge in [-0.2, -0.15) is 0 Å². The summed E-state index contributed by atoms with van der Waals surface area (Å²) in [5.74, 6) is 0.812. The van der Waals surface area contributed by atoms with Crippen molar-refractivity contribution in [3.8, 4) is 5.75 Å². The summed E-state index contributed by atoms with van der Waals surface area (Å²) in [7, 11) is 3.53. The molecule has 1 aromatic carbocycles. The van der Waals surface area contributed by atoms with Gasteiger partial charge in [0.15, 0.2) is 0 Å². The van der Waals surface area contributed by atoms with E-state index in [1.807, 2.05) is 36.2 Å². The number of ether oxygens (including phenoxy) is 1. The molecule has 16 heavy (non-hydrogen) atoms. The normalized spacial score (nSPS) is 11.3. The van der Waals surface area contributed by atoms with Crippen LogP contribution in [0.2, 0.25) is 0 Å². The minimum Gasteiger partial charge on any atom is -0.497 e. The molecule has 0 aliphatic rings. The first-order valence-electron chi connectivity index (χ1n) is 4.96. The maximum Gasteiger partial charge on any atom is 0.119 e. The maximum atomic E-state index is 8.67. The molecule has 5 nitrogen and oxygen atoms in total. The second kappa shape index (κ2) is 5.97. The number of methoxy groups -OCH3 is 1. The molecule has 0 saturated carbocycles. The second-order valence-corrected chi connectivity index (χ2v) is 3.42. The summed E-state index contributed by atoms with van der Waals surface area (Å²) in [4.78, 5) is 1.95. The van der Waals surface area contributed by atoms with Gasteiger partial charge in [0.05, 0.1) is 19.4 Å². The predicted molar refractivity (Wildman–Crippen MR) is 64.5 cm³/mol. The zero-order valence-electron chi connectivity index (χ0n) is 9.55. The Morgan fingerprint density at radius 1 is 1.44 bits per heavy atom. The van der Waals surface area contributed by atoms with E-state index in [0.717, 1.165) is 11.4 Å². The average molecular weight is 223 g/mol. The fourth-order valence-electron chi connectivity index (χ4n) is 1.34. The number of hydrogen-bond donors (Lipinski definition) is 2. The van der Waals surface area contributed by atoms with Crippen LogP contribution in [-0.2, 0) is 0 Å². The van der Waals surface area contributed by atoms with Gasteiger partial charge in [-0.25, -0.2) is 0 Å². The van der Waals surface area contributed by atoms with Crippen molar-refractivity contribution in [2.45, 2.75) is 0 Å². The summed E-state index contributed by atoms with van der Waals surface area (Å²) >= 11 is 0. The van der Waals surface area contributed by atoms with Crippen LogP contribution >= 0.6 is 0 Å². The lowest BCUT2D eigenvalue weighted by molar-refractivity contribution is 0.317. The molecule has 0 fully saturated rings. The van der Waals surface area contributed by atoms with Gasteiger partial charge in [-0.3, -0.25) is 0 Å². The highest BCUT2D eigenvalue weighted by Gasteiger charge is 2.05. The molecule has 0 amide bonds. The van der Waals surface area contributed by atoms with Gasteiger partial charge in [0.25, 0.3) is 0 Å². The van der Waals surface area contributed by atoms with E-state index in [1.54, 1.807) is 7.11 Å². The highest BCUT2D eigenvalue weighted by Crippen LogP contribution is 2.17. The number of rotatable bonds is 5. The quantitative estimate of drug-likeness (QED) is 0.442. The Morgan fingerprint density at radius 2 is 2.06 bits per heavy atom. The lowest BCUT2D eigenvalue weighted by atomic mass is 10.2. The maximum absolute atomic E-state index is 8.67. The number of benzene rings is 1. The van der Waals surface area contributed by atoms with E-state index >= 15 is 0 Å². The van der Waals surface area contributed by atoms with Gasteiger partial charge in [-0.15, -0.1) is 0 Å². The smallest absolute Gasteiger partial charge is 0.119 e. The Labute approximate surface area is 95.1 Å². The van der Waals surface area contributed by atoms with Gasteiger partial charge in [-0.1, -0.05) is 5.16 Å². The van der Waals surface area contributed by atoms with Crippen molar-refractivity contribution in [3.63, 3.8) is 0 Å². The Balaban J connectivity index is 2.69. The molecular weight excluding hydrogens is 206 g/mol. The number of nitrogens with zero attached hydrogens (tertiary/aromatic N) is 2. The van der Waals surface area contributed by atoms with Crippen molar-refractivity contribution in [1.82, 2.24) is 0 Å². The van der Waals surface area contributed by atoms with E-state index < -0.39 is 0 Å². The first-order chi connectivity index (χ1) is 7.71. The fraction of sp³-hybridized carbons (Fsp3) is 0.364. The summed E-state index contributed by atoms with van der Waals surface area (Å²) in [6, 6.07) is 7.63. The third kappa shape index (κ3) is 3.13. The Kier molecular flexibility index (Phi) is 4.60. The van der Waals surface area contributed by atoms with Crippen LogP contribution in [-0.4, -0.2) is 38.2 Å². The lowest BCUT2D eigenvalue weighted by Crippen LogP contribution is -2.30. The Hall–Kier alpha value is -1.75. The molecule has 0 bridgehead atoms. The van der Waals surface area contributed by atoms with Gasteiger partial charge in [0, 0.05) is 19.3 Å². The summed E-state index contributed by atoms with van der Waals surface area (Å²) in [6.45, 7) is 0.746. The number of hydrogen-bond acceptors (Lipinski definition) is 5. The van der Waals surface area contributed by atoms with Crippen LogP contribution < -0.4 is 15.4 Å². The molecule has 0 aliphatic heterocycles. The van der Waals surface area contributed by atoms with E-state index in [-0.39, 0.29) is 6.54 Å². The molecule has 0 heterocycles. The predicted octanol–water partition coefficient (Wildman–Crippen LogP) is 0.920. The zero-order chi connectivity index (χ0) is 12.0. The third-order valence-electron chi connectivity index (χ3n) is 2.31. The van der Waals surface area contributed by atoms with Crippen LogP contribution in [0.5, 0.6) is 5.75 Å². The van der Waals surface area contributed by atoms with Crippen LogP contribution in [0.1, 0.15) is 0 Å². The number of anilines is 1. The zero-order valence-corrected chi connectivity index (χ0v) is 9.55. The summed E-state index contributed by atoms with van der Waals surface area (Å²) in [5.41, 5.74) is 6.97. The van der Waals surface area contributed by atoms with Crippen molar-refractivity contribution in [2.24, 2.45) is 10.9 Å². The van der Waals surface area contributed by atoms with Gasteiger partial charge >= 0.3 is 0 Å². The highest BCUT2D eigenvalue weighted by atomic mass is 16.5. The van der Waals surface area contributed by atoms with E-state index in [2.05, 4.69) is 5.16 Å². The van der Waals surface area contributed by atoms with E-state index in [1.165, 1.54) is 0 Å². The van der Waals surface area contributed by atoms with Gasteiger partial charge < -0.3 is 20.6 Å². The van der Waals surface area contributed by atoms with Crippen LogP contribution in [0.25, 0.3) is 0 Å². The SMILES string of the molecule is COc1ccc(N(C)C/C(CN)=N/O)cc1. The van der Waals surface area contributed by atoms with Gasteiger partial charge in [0.2, 0.25) is 0 Å². The van der Waals surface area contributed by atoms with Crippen molar-refractivity contribution < 1.29 is 9.94 Å². The molecule has 0 atom stereocenters. The van der Waals surface area contributed by atoms with Crippen molar-refractivity contribution in [3.05, 3.63) is 24.3 Å². The van der Waals surface area contributed by atoms with Crippen molar-refractivity contribution >= 4 is 11.4 Å². The molecule has 0 unspecified atom stereocenters. The molecule has 1 rings (SSSR count). The van der Waals surface area contributed by atoms with Gasteiger partial charge in [0.1, 0.15) is 5.75 Å². The fourth-order valence-corrected chi connectivity index (χ4v) is 1.34. The molecule has 0 aliphatic carbocycles. The van der Waals surface area contributed by atoms with Crippen molar-refractivity contribution in [1.29, 1.82) is 0 Å². The van der Waals surface area contributed by atoms with Crippen LogP contribution in [0, 0.1) is 0 Å². The molecule has 0 saturated heterocycles. The van der Waals surface area contributed by atoms with Gasteiger partial charge in [-0.05, 0) is 24.3 Å². The first kappa shape index (κ1) is 12.3. The van der Waals surface area contributed by atoms with Crippen LogP contribution in [0.4, 0.5) is 5.69 Å².